The normalized spacial score (nSPS) is 28.2. The summed E-state index contributed by atoms with van der Waals surface area (Å²) in [6.07, 6.45) is 11.8. The summed E-state index contributed by atoms with van der Waals surface area (Å²) in [5.74, 6) is 1.73. The maximum absolute atomic E-state index is 13.3. The van der Waals surface area contributed by atoms with Crippen LogP contribution >= 0.6 is 0 Å². The van der Waals surface area contributed by atoms with Gasteiger partial charge in [0.25, 0.3) is 0 Å². The Kier molecular flexibility index (Phi) is 5.74. The first-order chi connectivity index (χ1) is 12.8. The lowest BCUT2D eigenvalue weighted by Crippen LogP contribution is -2.41. The molecule has 0 radical (unpaired) electrons. The van der Waals surface area contributed by atoms with Gasteiger partial charge in [-0.15, -0.1) is 0 Å². The Hall–Kier alpha value is -1.61. The monoisotopic (exact) mass is 352 g/mol. The quantitative estimate of drug-likeness (QED) is 0.691. The average Bonchev–Trinajstić information content (AvgIpc) is 3.33. The molecule has 1 saturated heterocycles. The van der Waals surface area contributed by atoms with Gasteiger partial charge < -0.3 is 9.80 Å². The third-order valence-electron chi connectivity index (χ3n) is 6.39. The first-order valence-corrected chi connectivity index (χ1v) is 10.5. The Balaban J connectivity index is 1.37. The Morgan fingerprint density at radius 2 is 1.92 bits per heavy atom. The van der Waals surface area contributed by atoms with Crippen LogP contribution in [-0.4, -0.2) is 48.4 Å². The second-order valence-corrected chi connectivity index (χ2v) is 8.34. The van der Waals surface area contributed by atoms with Crippen LogP contribution in [0.15, 0.2) is 42.5 Å². The summed E-state index contributed by atoms with van der Waals surface area (Å²) in [6.45, 7) is 5.34. The molecule has 3 nitrogen and oxygen atoms in total. The van der Waals surface area contributed by atoms with Gasteiger partial charge in [0, 0.05) is 25.6 Å². The summed E-state index contributed by atoms with van der Waals surface area (Å²) in [6, 6.07) is 10.6. The standard InChI is InChI=1S/C23H32N2O/c26-23(22-17-21(22)20-11-5-2-6-12-20)25(16-15-24-13-7-8-14-24)18-19-9-3-1-4-10-19/h1-3,5-6,11-12,19,21-22H,4,7-10,13-18H2/t19-,21-,22+/m0/s1. The number of likely N-dealkylation sites (tertiary alicyclic amines) is 1. The highest BCUT2D eigenvalue weighted by molar-refractivity contribution is 5.83. The van der Waals surface area contributed by atoms with Gasteiger partial charge in [0.1, 0.15) is 0 Å². The number of allylic oxidation sites excluding steroid dienone is 2. The zero-order valence-corrected chi connectivity index (χ0v) is 15.9. The minimum absolute atomic E-state index is 0.218. The molecule has 3 heteroatoms. The van der Waals surface area contributed by atoms with E-state index in [1.807, 2.05) is 0 Å². The minimum atomic E-state index is 0.218. The molecule has 2 fully saturated rings. The van der Waals surface area contributed by atoms with E-state index in [1.165, 1.54) is 44.3 Å². The molecule has 1 amide bonds. The first-order valence-electron chi connectivity index (χ1n) is 10.5. The van der Waals surface area contributed by atoms with Crippen LogP contribution in [0.1, 0.15) is 50.0 Å². The van der Waals surface area contributed by atoms with Gasteiger partial charge in [0.05, 0.1) is 0 Å². The molecule has 4 rings (SSSR count). The third-order valence-corrected chi connectivity index (χ3v) is 6.39. The van der Waals surface area contributed by atoms with E-state index < -0.39 is 0 Å². The van der Waals surface area contributed by atoms with Gasteiger partial charge in [-0.2, -0.15) is 0 Å². The van der Waals surface area contributed by atoms with Crippen molar-refractivity contribution in [2.45, 2.75) is 44.4 Å². The van der Waals surface area contributed by atoms with Crippen LogP contribution in [0.3, 0.4) is 0 Å². The van der Waals surface area contributed by atoms with Crippen LogP contribution in [0.4, 0.5) is 0 Å². The van der Waals surface area contributed by atoms with E-state index in [2.05, 4.69) is 52.3 Å². The number of hydrogen-bond donors (Lipinski definition) is 0. The first kappa shape index (κ1) is 17.8. The number of nitrogens with zero attached hydrogens (tertiary/aromatic N) is 2. The Labute approximate surface area is 158 Å². The number of amides is 1. The number of benzene rings is 1. The van der Waals surface area contributed by atoms with E-state index in [4.69, 9.17) is 0 Å². The molecule has 0 aromatic heterocycles. The van der Waals surface area contributed by atoms with E-state index >= 15 is 0 Å². The van der Waals surface area contributed by atoms with Crippen molar-refractivity contribution in [2.24, 2.45) is 11.8 Å². The summed E-state index contributed by atoms with van der Waals surface area (Å²) >= 11 is 0. The molecule has 1 aromatic rings. The fourth-order valence-corrected chi connectivity index (χ4v) is 4.66. The summed E-state index contributed by atoms with van der Waals surface area (Å²) in [5, 5.41) is 0. The molecule has 3 aliphatic rings. The second kappa shape index (κ2) is 8.39. The molecule has 0 unspecified atom stereocenters. The van der Waals surface area contributed by atoms with Crippen molar-refractivity contribution in [3.63, 3.8) is 0 Å². The van der Waals surface area contributed by atoms with E-state index in [0.29, 0.717) is 17.7 Å². The molecule has 3 atom stereocenters. The Morgan fingerprint density at radius 3 is 2.65 bits per heavy atom. The van der Waals surface area contributed by atoms with E-state index in [0.717, 1.165) is 32.5 Å². The highest BCUT2D eigenvalue weighted by Crippen LogP contribution is 2.48. The predicted molar refractivity (Wildman–Crippen MR) is 106 cm³/mol. The molecule has 1 heterocycles. The van der Waals surface area contributed by atoms with Crippen LogP contribution < -0.4 is 0 Å². The van der Waals surface area contributed by atoms with Gasteiger partial charge in [-0.1, -0.05) is 42.5 Å². The van der Waals surface area contributed by atoms with E-state index in [-0.39, 0.29) is 5.92 Å². The maximum atomic E-state index is 13.3. The van der Waals surface area contributed by atoms with Gasteiger partial charge in [0.2, 0.25) is 5.91 Å². The molecule has 1 aromatic carbocycles. The Morgan fingerprint density at radius 1 is 1.12 bits per heavy atom. The molecular weight excluding hydrogens is 320 g/mol. The fourth-order valence-electron chi connectivity index (χ4n) is 4.66. The van der Waals surface area contributed by atoms with Crippen molar-refractivity contribution in [2.75, 3.05) is 32.7 Å². The summed E-state index contributed by atoms with van der Waals surface area (Å²) < 4.78 is 0. The van der Waals surface area contributed by atoms with Crippen molar-refractivity contribution < 1.29 is 4.79 Å². The topological polar surface area (TPSA) is 23.6 Å². The molecular formula is C23H32N2O. The highest BCUT2D eigenvalue weighted by atomic mass is 16.2. The van der Waals surface area contributed by atoms with Crippen LogP contribution in [0.2, 0.25) is 0 Å². The van der Waals surface area contributed by atoms with Crippen molar-refractivity contribution in [1.82, 2.24) is 9.80 Å². The lowest BCUT2D eigenvalue weighted by molar-refractivity contribution is -0.133. The lowest BCUT2D eigenvalue weighted by Gasteiger charge is -2.30. The summed E-state index contributed by atoms with van der Waals surface area (Å²) in [7, 11) is 0. The van der Waals surface area contributed by atoms with Gasteiger partial charge in [0.15, 0.2) is 0 Å². The predicted octanol–water partition coefficient (Wildman–Crippen LogP) is 4.07. The maximum Gasteiger partial charge on any atom is 0.226 e. The lowest BCUT2D eigenvalue weighted by atomic mass is 9.93. The van der Waals surface area contributed by atoms with Gasteiger partial charge in [-0.05, 0) is 69.0 Å². The zero-order chi connectivity index (χ0) is 17.8. The molecule has 0 bridgehead atoms. The molecule has 2 aliphatic carbocycles. The number of hydrogen-bond acceptors (Lipinski definition) is 2. The Bertz CT molecular complexity index is 620. The van der Waals surface area contributed by atoms with Crippen LogP contribution in [-0.2, 0) is 4.79 Å². The van der Waals surface area contributed by atoms with Crippen LogP contribution in [0.25, 0.3) is 0 Å². The molecule has 140 valence electrons. The second-order valence-electron chi connectivity index (χ2n) is 8.34. The summed E-state index contributed by atoms with van der Waals surface area (Å²) in [4.78, 5) is 18.0. The highest BCUT2D eigenvalue weighted by Gasteiger charge is 2.45. The van der Waals surface area contributed by atoms with E-state index in [9.17, 15) is 4.79 Å². The minimum Gasteiger partial charge on any atom is -0.341 e. The SMILES string of the molecule is O=C([C@@H]1C[C@H]1c1ccccc1)N(CCN1CCCC1)C[C@H]1CC=CCC1. The molecule has 1 saturated carbocycles. The van der Waals surface area contributed by atoms with Crippen LogP contribution in [0.5, 0.6) is 0 Å². The van der Waals surface area contributed by atoms with Gasteiger partial charge in [-0.3, -0.25) is 4.79 Å². The fraction of sp³-hybridized carbons (Fsp3) is 0.609. The van der Waals surface area contributed by atoms with Crippen LogP contribution in [0, 0.1) is 11.8 Å². The van der Waals surface area contributed by atoms with Crippen molar-refractivity contribution in [3.05, 3.63) is 48.0 Å². The summed E-state index contributed by atoms with van der Waals surface area (Å²) in [5.41, 5.74) is 1.34. The average molecular weight is 353 g/mol. The largest absolute Gasteiger partial charge is 0.341 e. The van der Waals surface area contributed by atoms with E-state index in [1.54, 1.807) is 0 Å². The third kappa shape index (κ3) is 4.37. The molecule has 0 spiro atoms. The van der Waals surface area contributed by atoms with Crippen molar-refractivity contribution >= 4 is 5.91 Å². The molecule has 0 N–H and O–H groups in total. The number of carbonyl (C=O) groups is 1. The molecule has 1 aliphatic heterocycles. The molecule has 26 heavy (non-hydrogen) atoms. The number of rotatable bonds is 7. The zero-order valence-electron chi connectivity index (χ0n) is 15.9. The van der Waals surface area contributed by atoms with Crippen molar-refractivity contribution in [3.8, 4) is 0 Å². The number of carbonyl (C=O) groups excluding carboxylic acids is 1. The van der Waals surface area contributed by atoms with Gasteiger partial charge in [-0.25, -0.2) is 0 Å². The smallest absolute Gasteiger partial charge is 0.226 e. The van der Waals surface area contributed by atoms with Crippen molar-refractivity contribution in [1.29, 1.82) is 0 Å². The van der Waals surface area contributed by atoms with Gasteiger partial charge >= 0.3 is 0 Å².